The second kappa shape index (κ2) is 4.10. The summed E-state index contributed by atoms with van der Waals surface area (Å²) in [4.78, 5) is 13.5. The molecule has 15 heavy (non-hydrogen) atoms. The predicted molar refractivity (Wildman–Crippen MR) is 55.4 cm³/mol. The van der Waals surface area contributed by atoms with Gasteiger partial charge in [0.15, 0.2) is 0 Å². The van der Waals surface area contributed by atoms with E-state index >= 15 is 0 Å². The molecule has 0 aliphatic carbocycles. The van der Waals surface area contributed by atoms with Crippen LogP contribution in [0.4, 0.5) is 0 Å². The summed E-state index contributed by atoms with van der Waals surface area (Å²) in [5.41, 5.74) is -0.622. The number of hydrogen-bond acceptors (Lipinski definition) is 3. The van der Waals surface area contributed by atoms with E-state index in [1.54, 1.807) is 4.90 Å². The highest BCUT2D eigenvalue weighted by Crippen LogP contribution is 2.28. The first-order valence-electron chi connectivity index (χ1n) is 5.77. The summed E-state index contributed by atoms with van der Waals surface area (Å²) in [5, 5.41) is 9.94. The monoisotopic (exact) mass is 213 g/mol. The molecule has 0 spiro atoms. The molecule has 0 aromatic rings. The zero-order valence-corrected chi connectivity index (χ0v) is 9.24. The molecule has 0 saturated carbocycles. The Bertz CT molecular complexity index is 242. The lowest BCUT2D eigenvalue weighted by atomic mass is 9.89. The number of carbonyl (C=O) groups is 1. The molecule has 0 bridgehead atoms. The molecule has 4 nitrogen and oxygen atoms in total. The van der Waals surface area contributed by atoms with E-state index in [1.165, 1.54) is 0 Å². The van der Waals surface area contributed by atoms with E-state index in [4.69, 9.17) is 4.74 Å². The highest BCUT2D eigenvalue weighted by atomic mass is 16.5. The van der Waals surface area contributed by atoms with Gasteiger partial charge < -0.3 is 14.7 Å². The van der Waals surface area contributed by atoms with Crippen molar-refractivity contribution in [2.75, 3.05) is 19.7 Å². The summed E-state index contributed by atoms with van der Waals surface area (Å²) in [5.74, 6) is 0.0632. The lowest BCUT2D eigenvalue weighted by Crippen LogP contribution is -2.64. The fourth-order valence-electron chi connectivity index (χ4n) is 2.42. The molecule has 1 N–H and O–H groups in total. The van der Waals surface area contributed by atoms with Crippen LogP contribution in [-0.2, 0) is 9.53 Å². The Balaban J connectivity index is 1.80. The minimum absolute atomic E-state index is 0.0632. The fraction of sp³-hybridized carbons (Fsp3) is 0.909. The number of carbonyl (C=O) groups excluding carboxylic acids is 1. The lowest BCUT2D eigenvalue weighted by molar-refractivity contribution is -0.165. The van der Waals surface area contributed by atoms with Crippen molar-refractivity contribution in [1.82, 2.24) is 4.90 Å². The first kappa shape index (κ1) is 10.9. The van der Waals surface area contributed by atoms with Gasteiger partial charge in [0.25, 0.3) is 5.91 Å². The maximum atomic E-state index is 11.8. The van der Waals surface area contributed by atoms with Crippen molar-refractivity contribution >= 4 is 5.91 Å². The Morgan fingerprint density at radius 3 is 2.87 bits per heavy atom. The van der Waals surface area contributed by atoms with Crippen LogP contribution in [0.15, 0.2) is 0 Å². The normalized spacial score (nSPS) is 28.9. The van der Waals surface area contributed by atoms with Gasteiger partial charge in [-0.2, -0.15) is 0 Å². The fourth-order valence-corrected chi connectivity index (χ4v) is 2.42. The standard InChI is InChI=1S/C11H19NO3/c1-2-5-11(14)7-12(8-11)10(13)9-4-3-6-15-9/h9,14H,2-8H2,1H3. The van der Waals surface area contributed by atoms with E-state index in [9.17, 15) is 9.90 Å². The number of rotatable bonds is 3. The van der Waals surface area contributed by atoms with Gasteiger partial charge in [-0.1, -0.05) is 13.3 Å². The van der Waals surface area contributed by atoms with Gasteiger partial charge in [-0.05, 0) is 19.3 Å². The quantitative estimate of drug-likeness (QED) is 0.744. The average molecular weight is 213 g/mol. The van der Waals surface area contributed by atoms with Crippen LogP contribution in [0.5, 0.6) is 0 Å². The summed E-state index contributed by atoms with van der Waals surface area (Å²) in [6.07, 6.45) is 3.31. The van der Waals surface area contributed by atoms with Crippen LogP contribution in [-0.4, -0.2) is 47.3 Å². The number of ether oxygens (including phenoxy) is 1. The highest BCUT2D eigenvalue weighted by molar-refractivity contribution is 5.82. The second-order valence-electron chi connectivity index (χ2n) is 4.67. The van der Waals surface area contributed by atoms with Gasteiger partial charge in [0.2, 0.25) is 0 Å². The summed E-state index contributed by atoms with van der Waals surface area (Å²) in [6, 6.07) is 0. The first-order valence-corrected chi connectivity index (χ1v) is 5.77. The molecule has 1 unspecified atom stereocenters. The number of likely N-dealkylation sites (tertiary alicyclic amines) is 1. The molecule has 0 aromatic carbocycles. The van der Waals surface area contributed by atoms with Gasteiger partial charge in [-0.15, -0.1) is 0 Å². The van der Waals surface area contributed by atoms with Crippen molar-refractivity contribution < 1.29 is 14.6 Å². The van der Waals surface area contributed by atoms with Gasteiger partial charge >= 0.3 is 0 Å². The number of β-amino-alcohol motifs (C(OH)–C–C–N with tert-alkyl or cyclic N) is 1. The maximum absolute atomic E-state index is 11.8. The van der Waals surface area contributed by atoms with Crippen molar-refractivity contribution in [3.05, 3.63) is 0 Å². The largest absolute Gasteiger partial charge is 0.386 e. The molecular formula is C11H19NO3. The maximum Gasteiger partial charge on any atom is 0.251 e. The van der Waals surface area contributed by atoms with Crippen LogP contribution in [0.25, 0.3) is 0 Å². The Labute approximate surface area is 90.2 Å². The molecule has 2 heterocycles. The molecule has 2 saturated heterocycles. The molecule has 0 radical (unpaired) electrons. The van der Waals surface area contributed by atoms with Gasteiger partial charge in [-0.3, -0.25) is 4.79 Å². The van der Waals surface area contributed by atoms with E-state index in [1.807, 2.05) is 6.92 Å². The Morgan fingerprint density at radius 1 is 1.60 bits per heavy atom. The molecule has 1 atom stereocenters. The third kappa shape index (κ3) is 2.16. The van der Waals surface area contributed by atoms with Crippen LogP contribution in [0.2, 0.25) is 0 Å². The molecule has 2 aliphatic heterocycles. The zero-order chi connectivity index (χ0) is 10.9. The minimum atomic E-state index is -0.622. The van der Waals surface area contributed by atoms with Crippen molar-refractivity contribution in [2.45, 2.75) is 44.3 Å². The molecular weight excluding hydrogens is 194 g/mol. The predicted octanol–water partition coefficient (Wildman–Crippen LogP) is 0.539. The smallest absolute Gasteiger partial charge is 0.251 e. The van der Waals surface area contributed by atoms with Crippen LogP contribution in [0.1, 0.15) is 32.6 Å². The molecule has 4 heteroatoms. The van der Waals surface area contributed by atoms with E-state index in [0.717, 1.165) is 25.7 Å². The molecule has 2 fully saturated rings. The number of hydrogen-bond donors (Lipinski definition) is 1. The van der Waals surface area contributed by atoms with Crippen LogP contribution in [0.3, 0.4) is 0 Å². The molecule has 0 aromatic heterocycles. The van der Waals surface area contributed by atoms with E-state index in [-0.39, 0.29) is 12.0 Å². The third-order valence-corrected chi connectivity index (χ3v) is 3.20. The summed E-state index contributed by atoms with van der Waals surface area (Å²) in [7, 11) is 0. The Morgan fingerprint density at radius 2 is 2.33 bits per heavy atom. The average Bonchev–Trinajstić information content (AvgIpc) is 2.66. The number of aliphatic hydroxyl groups is 1. The van der Waals surface area contributed by atoms with Gasteiger partial charge in [-0.25, -0.2) is 0 Å². The van der Waals surface area contributed by atoms with Crippen LogP contribution < -0.4 is 0 Å². The van der Waals surface area contributed by atoms with Crippen molar-refractivity contribution in [2.24, 2.45) is 0 Å². The van der Waals surface area contributed by atoms with Gasteiger partial charge in [0.05, 0.1) is 18.7 Å². The first-order chi connectivity index (χ1) is 7.14. The SMILES string of the molecule is CCCC1(O)CN(C(=O)C2CCCO2)C1. The van der Waals surface area contributed by atoms with E-state index in [2.05, 4.69) is 0 Å². The van der Waals surface area contributed by atoms with Crippen molar-refractivity contribution in [3.8, 4) is 0 Å². The molecule has 2 aliphatic rings. The third-order valence-electron chi connectivity index (χ3n) is 3.20. The van der Waals surface area contributed by atoms with Crippen molar-refractivity contribution in [1.29, 1.82) is 0 Å². The van der Waals surface area contributed by atoms with Crippen molar-refractivity contribution in [3.63, 3.8) is 0 Å². The molecule has 86 valence electrons. The summed E-state index contributed by atoms with van der Waals surface area (Å²) in [6.45, 7) is 3.71. The van der Waals surface area contributed by atoms with Crippen LogP contribution >= 0.6 is 0 Å². The van der Waals surface area contributed by atoms with E-state index in [0.29, 0.717) is 19.7 Å². The summed E-state index contributed by atoms with van der Waals surface area (Å²) < 4.78 is 5.33. The second-order valence-corrected chi connectivity index (χ2v) is 4.67. The Hall–Kier alpha value is -0.610. The van der Waals surface area contributed by atoms with Gasteiger partial charge in [0.1, 0.15) is 6.10 Å². The minimum Gasteiger partial charge on any atom is -0.386 e. The van der Waals surface area contributed by atoms with E-state index < -0.39 is 5.60 Å². The van der Waals surface area contributed by atoms with Gasteiger partial charge in [0, 0.05) is 6.61 Å². The molecule has 1 amide bonds. The molecule has 2 rings (SSSR count). The number of nitrogens with zero attached hydrogens (tertiary/aromatic N) is 1. The summed E-state index contributed by atoms with van der Waals surface area (Å²) >= 11 is 0. The zero-order valence-electron chi connectivity index (χ0n) is 9.24. The highest BCUT2D eigenvalue weighted by Gasteiger charge is 2.44. The topological polar surface area (TPSA) is 49.8 Å². The van der Waals surface area contributed by atoms with Crippen LogP contribution in [0, 0.1) is 0 Å². The Kier molecular flexibility index (Phi) is 2.98. The lowest BCUT2D eigenvalue weighted by Gasteiger charge is -2.47. The number of amides is 1.